The maximum atomic E-state index is 11.9. The summed E-state index contributed by atoms with van der Waals surface area (Å²) in [5, 5.41) is 6.79. The van der Waals surface area contributed by atoms with Crippen LogP contribution in [0.2, 0.25) is 0 Å². The van der Waals surface area contributed by atoms with Gasteiger partial charge in [0.2, 0.25) is 11.9 Å². The number of fused-ring (bicyclic) bond motifs is 2. The molecule has 32 heavy (non-hydrogen) atoms. The van der Waals surface area contributed by atoms with E-state index in [1.54, 1.807) is 6.92 Å². The zero-order chi connectivity index (χ0) is 21.7. The molecule has 4 aromatic rings. The molecule has 2 aliphatic heterocycles. The van der Waals surface area contributed by atoms with E-state index in [1.807, 2.05) is 28.0 Å². The molecule has 9 heteroatoms. The molecular formula is C23H25N7O2. The highest BCUT2D eigenvalue weighted by Gasteiger charge is 2.29. The summed E-state index contributed by atoms with van der Waals surface area (Å²) >= 11 is 0. The standard InChI is InChI=1S/C23H25N7O2/c1-15(31)29-8-6-16(14-29)30-22-19(13-25-30)21(18-3-2-4-20-17(18)5-7-24-20)26-23(27-22)28-9-11-32-12-10-28/h2-5,7,13,16,24H,6,8-12,14H2,1H3. The number of anilines is 1. The van der Waals surface area contributed by atoms with Crippen molar-refractivity contribution < 1.29 is 9.53 Å². The quantitative estimate of drug-likeness (QED) is 0.536. The number of hydrogen-bond donors (Lipinski definition) is 1. The minimum Gasteiger partial charge on any atom is -0.378 e. The molecule has 2 aliphatic rings. The van der Waals surface area contributed by atoms with E-state index in [2.05, 4.69) is 28.1 Å². The smallest absolute Gasteiger partial charge is 0.228 e. The van der Waals surface area contributed by atoms with E-state index in [-0.39, 0.29) is 11.9 Å². The minimum absolute atomic E-state index is 0.104. The van der Waals surface area contributed by atoms with Gasteiger partial charge in [-0.15, -0.1) is 0 Å². The molecular weight excluding hydrogens is 406 g/mol. The third kappa shape index (κ3) is 3.12. The molecule has 0 spiro atoms. The van der Waals surface area contributed by atoms with E-state index < -0.39 is 0 Å². The minimum atomic E-state index is 0.104. The summed E-state index contributed by atoms with van der Waals surface area (Å²) in [6.07, 6.45) is 4.69. The van der Waals surface area contributed by atoms with Crippen molar-refractivity contribution in [3.8, 4) is 11.3 Å². The molecule has 0 bridgehead atoms. The molecule has 1 atom stereocenters. The molecule has 0 aliphatic carbocycles. The molecule has 0 saturated carbocycles. The Bertz CT molecular complexity index is 1300. The van der Waals surface area contributed by atoms with Gasteiger partial charge in [-0.25, -0.2) is 9.67 Å². The molecule has 1 amide bonds. The highest BCUT2D eigenvalue weighted by atomic mass is 16.5. The lowest BCUT2D eigenvalue weighted by molar-refractivity contribution is -0.127. The molecule has 6 rings (SSSR count). The van der Waals surface area contributed by atoms with Crippen molar-refractivity contribution in [2.24, 2.45) is 0 Å². The molecule has 1 aromatic carbocycles. The van der Waals surface area contributed by atoms with Crippen LogP contribution in [0.3, 0.4) is 0 Å². The van der Waals surface area contributed by atoms with Crippen LogP contribution in [0.4, 0.5) is 5.95 Å². The fourth-order valence-corrected chi connectivity index (χ4v) is 4.81. The first-order valence-corrected chi connectivity index (χ1v) is 11.1. The van der Waals surface area contributed by atoms with Crippen molar-refractivity contribution in [2.45, 2.75) is 19.4 Å². The Balaban J connectivity index is 1.53. The summed E-state index contributed by atoms with van der Waals surface area (Å²) < 4.78 is 7.53. The molecule has 164 valence electrons. The first-order chi connectivity index (χ1) is 15.7. The number of ether oxygens (including phenoxy) is 1. The summed E-state index contributed by atoms with van der Waals surface area (Å²) in [6, 6.07) is 8.41. The number of amides is 1. The van der Waals surface area contributed by atoms with Gasteiger partial charge in [0.15, 0.2) is 5.65 Å². The van der Waals surface area contributed by atoms with Gasteiger partial charge in [-0.3, -0.25) is 4.79 Å². The maximum Gasteiger partial charge on any atom is 0.228 e. The monoisotopic (exact) mass is 431 g/mol. The molecule has 9 nitrogen and oxygen atoms in total. The van der Waals surface area contributed by atoms with Gasteiger partial charge in [0.25, 0.3) is 0 Å². The predicted octanol–water partition coefficient (Wildman–Crippen LogP) is 2.60. The molecule has 1 unspecified atom stereocenters. The topological polar surface area (TPSA) is 92.2 Å². The van der Waals surface area contributed by atoms with Crippen molar-refractivity contribution in [1.82, 2.24) is 29.6 Å². The maximum absolute atomic E-state index is 11.9. The van der Waals surface area contributed by atoms with Crippen LogP contribution < -0.4 is 4.90 Å². The van der Waals surface area contributed by atoms with Crippen molar-refractivity contribution in [3.05, 3.63) is 36.7 Å². The van der Waals surface area contributed by atoms with E-state index in [0.717, 1.165) is 59.2 Å². The first kappa shape index (κ1) is 19.2. The number of aromatic amines is 1. The SMILES string of the molecule is CC(=O)N1CCC(n2ncc3c(-c4cccc5[nH]ccc45)nc(N4CCOCC4)nc32)C1. The van der Waals surface area contributed by atoms with Crippen LogP contribution in [0.15, 0.2) is 36.7 Å². The average molecular weight is 432 g/mol. The number of rotatable bonds is 3. The lowest BCUT2D eigenvalue weighted by Gasteiger charge is -2.27. The molecule has 2 fully saturated rings. The van der Waals surface area contributed by atoms with E-state index in [9.17, 15) is 4.79 Å². The number of likely N-dealkylation sites (tertiary alicyclic amines) is 1. The van der Waals surface area contributed by atoms with Crippen LogP contribution in [0.25, 0.3) is 33.2 Å². The average Bonchev–Trinajstić information content (AvgIpc) is 3.57. The van der Waals surface area contributed by atoms with E-state index in [4.69, 9.17) is 19.8 Å². The van der Waals surface area contributed by atoms with Crippen LogP contribution in [-0.4, -0.2) is 74.9 Å². The second-order valence-corrected chi connectivity index (χ2v) is 8.45. The second-order valence-electron chi connectivity index (χ2n) is 8.45. The summed E-state index contributed by atoms with van der Waals surface area (Å²) in [5.74, 6) is 0.805. The van der Waals surface area contributed by atoms with Gasteiger partial charge in [0.05, 0.1) is 36.5 Å². The highest BCUT2D eigenvalue weighted by Crippen LogP contribution is 2.35. The Kier molecular flexibility index (Phi) is 4.57. The van der Waals surface area contributed by atoms with Crippen LogP contribution in [0.1, 0.15) is 19.4 Å². The van der Waals surface area contributed by atoms with E-state index in [0.29, 0.717) is 25.7 Å². The third-order valence-corrected chi connectivity index (χ3v) is 6.54. The van der Waals surface area contributed by atoms with Crippen LogP contribution in [0.5, 0.6) is 0 Å². The Morgan fingerprint density at radius 2 is 2.00 bits per heavy atom. The number of nitrogens with zero attached hydrogens (tertiary/aromatic N) is 6. The fourth-order valence-electron chi connectivity index (χ4n) is 4.81. The normalized spacial score (nSPS) is 19.3. The second kappa shape index (κ2) is 7.59. The zero-order valence-corrected chi connectivity index (χ0v) is 18.0. The lowest BCUT2D eigenvalue weighted by atomic mass is 10.0. The number of carbonyl (C=O) groups is 1. The highest BCUT2D eigenvalue weighted by molar-refractivity contribution is 6.02. The van der Waals surface area contributed by atoms with Crippen LogP contribution >= 0.6 is 0 Å². The fraction of sp³-hybridized carbons (Fsp3) is 0.391. The number of carbonyl (C=O) groups excluding carboxylic acids is 1. The number of morpholine rings is 1. The summed E-state index contributed by atoms with van der Waals surface area (Å²) in [6.45, 7) is 5.88. The van der Waals surface area contributed by atoms with Gasteiger partial charge >= 0.3 is 0 Å². The largest absolute Gasteiger partial charge is 0.378 e. The van der Waals surface area contributed by atoms with E-state index in [1.165, 1.54) is 0 Å². The predicted molar refractivity (Wildman–Crippen MR) is 122 cm³/mol. The summed E-state index contributed by atoms with van der Waals surface area (Å²) in [4.78, 5) is 29.2. The number of nitrogens with one attached hydrogen (secondary N) is 1. The Labute approximate surface area is 185 Å². The molecule has 5 heterocycles. The Hall–Kier alpha value is -3.46. The van der Waals surface area contributed by atoms with Crippen LogP contribution in [-0.2, 0) is 9.53 Å². The number of aromatic nitrogens is 5. The summed E-state index contributed by atoms with van der Waals surface area (Å²) in [7, 11) is 0. The van der Waals surface area contributed by atoms with Crippen molar-refractivity contribution in [3.63, 3.8) is 0 Å². The van der Waals surface area contributed by atoms with Gasteiger partial charge in [-0.1, -0.05) is 12.1 Å². The van der Waals surface area contributed by atoms with Crippen molar-refractivity contribution in [1.29, 1.82) is 0 Å². The number of hydrogen-bond acceptors (Lipinski definition) is 6. The molecule has 0 radical (unpaired) electrons. The van der Waals surface area contributed by atoms with Gasteiger partial charge in [0.1, 0.15) is 0 Å². The van der Waals surface area contributed by atoms with Gasteiger partial charge in [-0.05, 0) is 18.6 Å². The molecule has 2 saturated heterocycles. The third-order valence-electron chi connectivity index (χ3n) is 6.54. The van der Waals surface area contributed by atoms with Gasteiger partial charge in [0, 0.05) is 55.8 Å². The van der Waals surface area contributed by atoms with Gasteiger partial charge < -0.3 is 19.5 Å². The van der Waals surface area contributed by atoms with Gasteiger partial charge in [-0.2, -0.15) is 10.1 Å². The number of H-pyrrole nitrogens is 1. The molecule has 3 aromatic heterocycles. The Morgan fingerprint density at radius 3 is 2.81 bits per heavy atom. The number of benzene rings is 1. The van der Waals surface area contributed by atoms with Crippen molar-refractivity contribution >= 4 is 33.8 Å². The van der Waals surface area contributed by atoms with E-state index >= 15 is 0 Å². The van der Waals surface area contributed by atoms with Crippen LogP contribution in [0, 0.1) is 0 Å². The lowest BCUT2D eigenvalue weighted by Crippen LogP contribution is -2.37. The molecule has 1 N–H and O–H groups in total. The summed E-state index contributed by atoms with van der Waals surface area (Å²) in [5.41, 5.74) is 3.83. The first-order valence-electron chi connectivity index (χ1n) is 11.1. The Morgan fingerprint density at radius 1 is 1.12 bits per heavy atom. The van der Waals surface area contributed by atoms with Crippen molar-refractivity contribution in [2.75, 3.05) is 44.3 Å². The zero-order valence-electron chi connectivity index (χ0n) is 18.0.